The smallest absolute Gasteiger partial charge is 0.254 e. The number of aromatic nitrogens is 1. The van der Waals surface area contributed by atoms with Crippen LogP contribution in [0.25, 0.3) is 0 Å². The number of nitrogens with zero attached hydrogens (tertiary/aromatic N) is 2. The molecule has 1 heterocycles. The maximum atomic E-state index is 13.0. The lowest BCUT2D eigenvalue weighted by atomic mass is 10.1. The van der Waals surface area contributed by atoms with Crippen LogP contribution in [0.5, 0.6) is 0 Å². The van der Waals surface area contributed by atoms with Crippen LogP contribution in [0.1, 0.15) is 27.2 Å². The molecule has 0 saturated carbocycles. The third-order valence-corrected chi connectivity index (χ3v) is 4.48. The molecule has 0 fully saturated rings. The molecule has 0 radical (unpaired) electrons. The minimum absolute atomic E-state index is 0.0375. The average Bonchev–Trinajstić information content (AvgIpc) is 3.09. The highest BCUT2D eigenvalue weighted by atomic mass is 16.2. The van der Waals surface area contributed by atoms with Crippen molar-refractivity contribution in [3.05, 3.63) is 108 Å². The van der Waals surface area contributed by atoms with Crippen LogP contribution in [0.4, 0.5) is 0 Å². The minimum Gasteiger partial charge on any atom is -0.345 e. The second-order valence-corrected chi connectivity index (χ2v) is 6.40. The van der Waals surface area contributed by atoms with Crippen molar-refractivity contribution in [1.29, 1.82) is 0 Å². The number of rotatable bonds is 7. The van der Waals surface area contributed by atoms with E-state index < -0.39 is 0 Å². The molecule has 1 amide bonds. The Morgan fingerprint density at radius 3 is 2.50 bits per heavy atom. The molecule has 3 aromatic rings. The van der Waals surface area contributed by atoms with Crippen LogP contribution in [0, 0.1) is 6.92 Å². The van der Waals surface area contributed by atoms with Gasteiger partial charge < -0.3 is 9.47 Å². The molecule has 3 rings (SSSR count). The van der Waals surface area contributed by atoms with E-state index in [0.29, 0.717) is 13.1 Å². The van der Waals surface area contributed by atoms with E-state index in [9.17, 15) is 4.79 Å². The van der Waals surface area contributed by atoms with Crippen molar-refractivity contribution in [2.24, 2.45) is 0 Å². The molecule has 26 heavy (non-hydrogen) atoms. The monoisotopic (exact) mass is 344 g/mol. The van der Waals surface area contributed by atoms with Crippen molar-refractivity contribution in [2.75, 3.05) is 6.54 Å². The number of benzene rings is 2. The van der Waals surface area contributed by atoms with Gasteiger partial charge in [0.05, 0.1) is 6.54 Å². The van der Waals surface area contributed by atoms with Gasteiger partial charge in [0.2, 0.25) is 0 Å². The van der Waals surface area contributed by atoms with Crippen LogP contribution in [-0.2, 0) is 13.1 Å². The molecule has 1 aromatic heterocycles. The van der Waals surface area contributed by atoms with Crippen molar-refractivity contribution < 1.29 is 4.79 Å². The Morgan fingerprint density at radius 2 is 1.77 bits per heavy atom. The predicted octanol–water partition coefficient (Wildman–Crippen LogP) is 4.67. The molecule has 2 aromatic carbocycles. The fraction of sp³-hybridized carbons (Fsp3) is 0.174. The summed E-state index contributed by atoms with van der Waals surface area (Å²) >= 11 is 0. The molecular formula is C23H24N2O. The summed E-state index contributed by atoms with van der Waals surface area (Å²) in [4.78, 5) is 14.9. The van der Waals surface area contributed by atoms with Gasteiger partial charge in [-0.15, -0.1) is 6.58 Å². The Labute approximate surface area is 155 Å². The summed E-state index contributed by atoms with van der Waals surface area (Å²) < 4.78 is 2.19. The summed E-state index contributed by atoms with van der Waals surface area (Å²) in [6.07, 6.45) is 3.84. The van der Waals surface area contributed by atoms with E-state index in [0.717, 1.165) is 23.4 Å². The summed E-state index contributed by atoms with van der Waals surface area (Å²) in [5, 5.41) is 0. The van der Waals surface area contributed by atoms with Gasteiger partial charge >= 0.3 is 0 Å². The second kappa shape index (κ2) is 8.34. The summed E-state index contributed by atoms with van der Waals surface area (Å²) in [6.45, 7) is 7.65. The Bertz CT molecular complexity index is 880. The Balaban J connectivity index is 1.81. The molecule has 0 atom stereocenters. The van der Waals surface area contributed by atoms with Crippen molar-refractivity contribution >= 4 is 5.91 Å². The molecule has 3 heteroatoms. The highest BCUT2D eigenvalue weighted by Crippen LogP contribution is 2.15. The molecule has 3 nitrogen and oxygen atoms in total. The summed E-state index contributed by atoms with van der Waals surface area (Å²) in [5.74, 6) is 0.0375. The first-order valence-corrected chi connectivity index (χ1v) is 8.83. The number of carbonyl (C=O) groups is 1. The zero-order valence-corrected chi connectivity index (χ0v) is 15.1. The fourth-order valence-electron chi connectivity index (χ4n) is 3.08. The predicted molar refractivity (Wildman–Crippen MR) is 106 cm³/mol. The number of amides is 1. The molecule has 0 bridgehead atoms. The van der Waals surface area contributed by atoms with Crippen LogP contribution in [0.15, 0.2) is 85.6 Å². The third kappa shape index (κ3) is 4.12. The standard InChI is InChI=1S/C23H24N2O/c1-3-15-25(23(26)22-14-8-7-10-19(22)2)18-21-13-9-16-24(21)17-20-11-5-4-6-12-20/h3-14,16H,1,15,17-18H2,2H3. The van der Waals surface area contributed by atoms with Gasteiger partial charge in [-0.1, -0.05) is 54.6 Å². The highest BCUT2D eigenvalue weighted by molar-refractivity contribution is 5.95. The van der Waals surface area contributed by atoms with Gasteiger partial charge in [0, 0.05) is 30.5 Å². The maximum absolute atomic E-state index is 13.0. The van der Waals surface area contributed by atoms with Crippen LogP contribution in [0.3, 0.4) is 0 Å². The first-order valence-electron chi connectivity index (χ1n) is 8.83. The topological polar surface area (TPSA) is 25.2 Å². The van der Waals surface area contributed by atoms with Gasteiger partial charge in [-0.25, -0.2) is 0 Å². The van der Waals surface area contributed by atoms with E-state index in [4.69, 9.17) is 0 Å². The SMILES string of the molecule is C=CCN(Cc1cccn1Cc1ccccc1)C(=O)c1ccccc1C. The number of carbonyl (C=O) groups excluding carboxylic acids is 1. The summed E-state index contributed by atoms with van der Waals surface area (Å²) in [5.41, 5.74) is 4.09. The lowest BCUT2D eigenvalue weighted by molar-refractivity contribution is 0.0758. The molecule has 132 valence electrons. The first kappa shape index (κ1) is 17.7. The lowest BCUT2D eigenvalue weighted by Gasteiger charge is -2.23. The lowest BCUT2D eigenvalue weighted by Crippen LogP contribution is -2.32. The number of hydrogen-bond donors (Lipinski definition) is 0. The van der Waals surface area contributed by atoms with E-state index in [-0.39, 0.29) is 5.91 Å². The van der Waals surface area contributed by atoms with Gasteiger partial charge in [0.25, 0.3) is 5.91 Å². The van der Waals surface area contributed by atoms with Crippen molar-refractivity contribution in [2.45, 2.75) is 20.0 Å². The van der Waals surface area contributed by atoms with E-state index in [1.165, 1.54) is 5.56 Å². The third-order valence-electron chi connectivity index (χ3n) is 4.48. The van der Waals surface area contributed by atoms with E-state index in [1.807, 2.05) is 60.4 Å². The van der Waals surface area contributed by atoms with Gasteiger partial charge in [-0.3, -0.25) is 4.79 Å². The van der Waals surface area contributed by atoms with Crippen LogP contribution < -0.4 is 0 Å². The van der Waals surface area contributed by atoms with Crippen molar-refractivity contribution in [3.63, 3.8) is 0 Å². The first-order chi connectivity index (χ1) is 12.7. The van der Waals surface area contributed by atoms with Crippen LogP contribution in [-0.4, -0.2) is 21.9 Å². The van der Waals surface area contributed by atoms with Crippen LogP contribution in [0.2, 0.25) is 0 Å². The summed E-state index contributed by atoms with van der Waals surface area (Å²) in [7, 11) is 0. The van der Waals surface area contributed by atoms with Crippen molar-refractivity contribution in [1.82, 2.24) is 9.47 Å². The molecule has 0 saturated heterocycles. The Hall–Kier alpha value is -3.07. The van der Waals surface area contributed by atoms with Gasteiger partial charge in [-0.2, -0.15) is 0 Å². The molecule has 0 aliphatic carbocycles. The Morgan fingerprint density at radius 1 is 1.04 bits per heavy atom. The quantitative estimate of drug-likeness (QED) is 0.572. The van der Waals surface area contributed by atoms with E-state index in [1.54, 1.807) is 6.08 Å². The normalized spacial score (nSPS) is 10.5. The van der Waals surface area contributed by atoms with Crippen molar-refractivity contribution in [3.8, 4) is 0 Å². The maximum Gasteiger partial charge on any atom is 0.254 e. The fourth-order valence-corrected chi connectivity index (χ4v) is 3.08. The molecule has 0 N–H and O–H groups in total. The summed E-state index contributed by atoms with van der Waals surface area (Å²) in [6, 6.07) is 22.2. The molecule has 0 unspecified atom stereocenters. The molecule has 0 spiro atoms. The largest absolute Gasteiger partial charge is 0.345 e. The second-order valence-electron chi connectivity index (χ2n) is 6.40. The number of aryl methyl sites for hydroxylation is 1. The molecule has 0 aliphatic heterocycles. The van der Waals surface area contributed by atoms with E-state index in [2.05, 4.69) is 35.5 Å². The Kier molecular flexibility index (Phi) is 5.69. The zero-order valence-electron chi connectivity index (χ0n) is 15.1. The minimum atomic E-state index is 0.0375. The number of hydrogen-bond acceptors (Lipinski definition) is 1. The van der Waals surface area contributed by atoms with Gasteiger partial charge in [0.1, 0.15) is 0 Å². The zero-order chi connectivity index (χ0) is 18.4. The molecule has 0 aliphatic rings. The average molecular weight is 344 g/mol. The van der Waals surface area contributed by atoms with Crippen LogP contribution >= 0.6 is 0 Å². The highest BCUT2D eigenvalue weighted by Gasteiger charge is 2.18. The van der Waals surface area contributed by atoms with Gasteiger partial charge in [-0.05, 0) is 36.2 Å². The van der Waals surface area contributed by atoms with E-state index >= 15 is 0 Å². The van der Waals surface area contributed by atoms with Gasteiger partial charge in [0.15, 0.2) is 0 Å². The molecular weight excluding hydrogens is 320 g/mol.